The first-order chi connectivity index (χ1) is 17.7. The Hall–Kier alpha value is -3.92. The topological polar surface area (TPSA) is 78.9 Å². The number of carbonyl (C=O) groups excluding carboxylic acids is 1. The number of benzene rings is 2. The minimum absolute atomic E-state index is 0.106. The number of pyridine rings is 1. The van der Waals surface area contributed by atoms with E-state index in [0.717, 1.165) is 24.0 Å². The summed E-state index contributed by atoms with van der Waals surface area (Å²) in [5.41, 5.74) is 1.08. The molecule has 37 heavy (non-hydrogen) atoms. The lowest BCUT2D eigenvalue weighted by molar-refractivity contribution is -0.138. The van der Waals surface area contributed by atoms with Gasteiger partial charge in [0.15, 0.2) is 0 Å². The van der Waals surface area contributed by atoms with Crippen molar-refractivity contribution in [1.29, 1.82) is 0 Å². The fourth-order valence-corrected chi connectivity index (χ4v) is 3.95. The third-order valence-corrected chi connectivity index (χ3v) is 5.61. The van der Waals surface area contributed by atoms with Gasteiger partial charge in [0.1, 0.15) is 23.0 Å². The lowest BCUT2D eigenvalue weighted by Gasteiger charge is -2.17. The average Bonchev–Trinajstić information content (AvgIpc) is 3.38. The van der Waals surface area contributed by atoms with Gasteiger partial charge in [0.25, 0.3) is 0 Å². The van der Waals surface area contributed by atoms with E-state index in [9.17, 15) is 18.0 Å². The largest absolute Gasteiger partial charge is 0.457 e. The van der Waals surface area contributed by atoms with Gasteiger partial charge in [-0.25, -0.2) is 0 Å². The van der Waals surface area contributed by atoms with Crippen LogP contribution in [0.2, 0.25) is 0 Å². The molecule has 1 aliphatic rings. The lowest BCUT2D eigenvalue weighted by atomic mass is 10.1. The normalized spacial score (nSPS) is 13.3. The minimum atomic E-state index is -4.51. The Kier molecular flexibility index (Phi) is 8.08. The number of aryl methyl sites for hydroxylation is 1. The van der Waals surface area contributed by atoms with Gasteiger partial charge in [-0.3, -0.25) is 14.8 Å². The molecule has 0 saturated heterocycles. The van der Waals surface area contributed by atoms with Gasteiger partial charge in [-0.2, -0.15) is 13.2 Å². The van der Waals surface area contributed by atoms with E-state index in [0.29, 0.717) is 30.2 Å². The molecule has 10 heteroatoms. The summed E-state index contributed by atoms with van der Waals surface area (Å²) in [4.78, 5) is 22.8. The van der Waals surface area contributed by atoms with E-state index >= 15 is 0 Å². The Balaban J connectivity index is 1.37. The predicted octanol–water partition coefficient (Wildman–Crippen LogP) is 4.88. The highest BCUT2D eigenvalue weighted by molar-refractivity contribution is 5.98. The van der Waals surface area contributed by atoms with Gasteiger partial charge in [0.05, 0.1) is 12.1 Å². The first kappa shape index (κ1) is 26.2. The Bertz CT molecular complexity index is 1290. The molecule has 1 aromatic heterocycles. The Morgan fingerprint density at radius 1 is 1.11 bits per heavy atom. The first-order valence-corrected chi connectivity index (χ1v) is 11.8. The summed E-state index contributed by atoms with van der Waals surface area (Å²) < 4.78 is 46.5. The van der Waals surface area contributed by atoms with E-state index in [4.69, 9.17) is 4.74 Å². The molecule has 0 saturated carbocycles. The Labute approximate surface area is 213 Å². The zero-order valence-electron chi connectivity index (χ0n) is 20.6. The molecule has 0 bridgehead atoms. The van der Waals surface area contributed by atoms with Crippen LogP contribution in [0, 0.1) is 0 Å². The second-order valence-corrected chi connectivity index (χ2v) is 8.94. The summed E-state index contributed by atoms with van der Waals surface area (Å²) in [6.07, 6.45) is -2.35. The monoisotopic (exact) mass is 511 g/mol. The second kappa shape index (κ2) is 11.4. The summed E-state index contributed by atoms with van der Waals surface area (Å²) in [6.45, 7) is 1.64. The minimum Gasteiger partial charge on any atom is -0.457 e. The van der Waals surface area contributed by atoms with Gasteiger partial charge < -0.3 is 20.3 Å². The van der Waals surface area contributed by atoms with Crippen molar-refractivity contribution in [2.45, 2.75) is 25.6 Å². The number of halogens is 3. The highest BCUT2D eigenvalue weighted by Gasteiger charge is 2.33. The molecule has 0 atom stereocenters. The van der Waals surface area contributed by atoms with Crippen molar-refractivity contribution in [2.24, 2.45) is 4.99 Å². The summed E-state index contributed by atoms with van der Waals surface area (Å²) in [6, 6.07) is 14.8. The third kappa shape index (κ3) is 7.29. The van der Waals surface area contributed by atoms with Crippen LogP contribution < -0.4 is 15.4 Å². The fraction of sp³-hybridized carbons (Fsp3) is 0.296. The Morgan fingerprint density at radius 2 is 1.92 bits per heavy atom. The quantitative estimate of drug-likeness (QED) is 0.428. The van der Waals surface area contributed by atoms with Gasteiger partial charge in [-0.15, -0.1) is 0 Å². The lowest BCUT2D eigenvalue weighted by Crippen LogP contribution is -2.20. The molecule has 194 valence electrons. The van der Waals surface area contributed by atoms with Crippen molar-refractivity contribution in [2.75, 3.05) is 32.5 Å². The van der Waals surface area contributed by atoms with Gasteiger partial charge >= 0.3 is 6.18 Å². The number of aliphatic imine (C=N–C) groups is 1. The van der Waals surface area contributed by atoms with Gasteiger partial charge in [-0.1, -0.05) is 18.2 Å². The van der Waals surface area contributed by atoms with Gasteiger partial charge in [0.2, 0.25) is 5.91 Å². The number of aromatic nitrogens is 1. The van der Waals surface area contributed by atoms with Crippen LogP contribution in [0.5, 0.6) is 11.5 Å². The number of carbonyl (C=O) groups is 1. The fourth-order valence-electron chi connectivity index (χ4n) is 3.95. The van der Waals surface area contributed by atoms with Crippen LogP contribution in [-0.2, 0) is 23.9 Å². The van der Waals surface area contributed by atoms with Crippen LogP contribution >= 0.6 is 0 Å². The molecular weight excluding hydrogens is 483 g/mol. The third-order valence-electron chi connectivity index (χ3n) is 5.61. The molecule has 1 amide bonds. The predicted molar refractivity (Wildman–Crippen MR) is 136 cm³/mol. The average molecular weight is 512 g/mol. The zero-order chi connectivity index (χ0) is 26.4. The number of nitrogens with one attached hydrogen (secondary N) is 2. The number of amides is 1. The van der Waals surface area contributed by atoms with Crippen LogP contribution in [0.3, 0.4) is 0 Å². The number of anilines is 1. The number of nitrogens with zero attached hydrogens (tertiary/aromatic N) is 3. The van der Waals surface area contributed by atoms with Crippen molar-refractivity contribution in [1.82, 2.24) is 15.2 Å². The van der Waals surface area contributed by atoms with E-state index < -0.39 is 11.7 Å². The van der Waals surface area contributed by atoms with E-state index in [1.165, 1.54) is 12.1 Å². The van der Waals surface area contributed by atoms with E-state index in [2.05, 4.69) is 20.6 Å². The molecule has 2 N–H and O–H groups in total. The maximum atomic E-state index is 13.5. The van der Waals surface area contributed by atoms with E-state index in [-0.39, 0.29) is 30.1 Å². The van der Waals surface area contributed by atoms with Crippen LogP contribution in [0.25, 0.3) is 0 Å². The second-order valence-electron chi connectivity index (χ2n) is 8.94. The molecule has 7 nitrogen and oxygen atoms in total. The standard InChI is InChI=1S/C27H28F3N5O2/c1-35(2)17-19-7-8-20(15-23(19)27(28,29)30)34-25(36)9-6-18-4-3-5-21(14-18)37-22-10-11-31-24(16-22)26-32-12-13-33-26/h3-5,7-8,10-11,14-16H,6,9,12-13,17H2,1-2H3,(H,32,33)(H,34,36). The SMILES string of the molecule is CN(C)Cc1ccc(NC(=O)CCc2cccc(Oc3ccnc(C4=NCCN4)c3)c2)cc1C(F)(F)F. The highest BCUT2D eigenvalue weighted by Crippen LogP contribution is 2.34. The van der Waals surface area contributed by atoms with Crippen molar-refractivity contribution in [3.8, 4) is 11.5 Å². The van der Waals surface area contributed by atoms with Crippen molar-refractivity contribution >= 4 is 17.4 Å². The van der Waals surface area contributed by atoms with E-state index in [1.54, 1.807) is 37.3 Å². The summed E-state index contributed by atoms with van der Waals surface area (Å²) in [5.74, 6) is 1.57. The summed E-state index contributed by atoms with van der Waals surface area (Å²) >= 11 is 0. The molecule has 2 heterocycles. The molecule has 0 spiro atoms. The smallest absolute Gasteiger partial charge is 0.416 e. The van der Waals surface area contributed by atoms with Crippen LogP contribution in [0.4, 0.5) is 18.9 Å². The molecule has 4 rings (SSSR count). The summed E-state index contributed by atoms with van der Waals surface area (Å²) in [7, 11) is 3.40. The van der Waals surface area contributed by atoms with Gasteiger partial charge in [0, 0.05) is 37.5 Å². The van der Waals surface area contributed by atoms with Crippen LogP contribution in [0.1, 0.15) is 28.8 Å². The van der Waals surface area contributed by atoms with Gasteiger partial charge in [-0.05, 0) is 62.0 Å². The molecule has 0 fully saturated rings. The number of rotatable bonds is 9. The Morgan fingerprint density at radius 3 is 2.65 bits per heavy atom. The van der Waals surface area contributed by atoms with Crippen molar-refractivity contribution in [3.05, 3.63) is 83.2 Å². The molecule has 1 aliphatic heterocycles. The summed E-state index contributed by atoms with van der Waals surface area (Å²) in [5, 5.41) is 5.76. The number of ether oxygens (including phenoxy) is 1. The zero-order valence-corrected chi connectivity index (χ0v) is 20.6. The number of hydrogen-bond acceptors (Lipinski definition) is 6. The maximum absolute atomic E-state index is 13.5. The highest BCUT2D eigenvalue weighted by atomic mass is 19.4. The molecule has 0 radical (unpaired) electrons. The van der Waals surface area contributed by atoms with Crippen LogP contribution in [-0.4, -0.2) is 48.8 Å². The van der Waals surface area contributed by atoms with Crippen molar-refractivity contribution < 1.29 is 22.7 Å². The molecular formula is C27H28F3N5O2. The molecule has 0 aliphatic carbocycles. The molecule has 3 aromatic rings. The molecule has 0 unspecified atom stereocenters. The molecule has 2 aromatic carbocycles. The van der Waals surface area contributed by atoms with Crippen molar-refractivity contribution in [3.63, 3.8) is 0 Å². The number of alkyl halides is 3. The number of hydrogen-bond donors (Lipinski definition) is 2. The maximum Gasteiger partial charge on any atom is 0.416 e. The number of amidine groups is 1. The van der Waals surface area contributed by atoms with Crippen LogP contribution in [0.15, 0.2) is 65.8 Å². The first-order valence-electron chi connectivity index (χ1n) is 11.8. The van der Waals surface area contributed by atoms with E-state index in [1.807, 2.05) is 24.3 Å².